The lowest BCUT2D eigenvalue weighted by Gasteiger charge is -2.13. The zero-order valence-electron chi connectivity index (χ0n) is 9.90. The van der Waals surface area contributed by atoms with Crippen molar-refractivity contribution in [1.82, 2.24) is 10.3 Å². The molecule has 0 spiro atoms. The van der Waals surface area contributed by atoms with Crippen molar-refractivity contribution in [3.63, 3.8) is 0 Å². The molecule has 88 valence electrons. The van der Waals surface area contributed by atoms with E-state index >= 15 is 0 Å². The second-order valence-corrected chi connectivity index (χ2v) is 4.57. The van der Waals surface area contributed by atoms with Gasteiger partial charge in [0.05, 0.1) is 5.52 Å². The van der Waals surface area contributed by atoms with Gasteiger partial charge in [0.2, 0.25) is 0 Å². The summed E-state index contributed by atoms with van der Waals surface area (Å²) >= 11 is 5.20. The highest BCUT2D eigenvalue weighted by molar-refractivity contribution is 7.80. The van der Waals surface area contributed by atoms with Crippen molar-refractivity contribution in [2.24, 2.45) is 0 Å². The van der Waals surface area contributed by atoms with Gasteiger partial charge >= 0.3 is 0 Å². The molecule has 2 rings (SSSR count). The van der Waals surface area contributed by atoms with Gasteiger partial charge in [0.25, 0.3) is 0 Å². The quantitative estimate of drug-likeness (QED) is 0.798. The molecule has 0 fully saturated rings. The number of nitrogens with zero attached hydrogens (tertiary/aromatic N) is 1. The van der Waals surface area contributed by atoms with Crippen LogP contribution in [-0.4, -0.2) is 16.1 Å². The first kappa shape index (κ1) is 11.8. The summed E-state index contributed by atoms with van der Waals surface area (Å²) in [7, 11) is 0. The van der Waals surface area contributed by atoms with Crippen LogP contribution >= 0.6 is 12.2 Å². The van der Waals surface area contributed by atoms with E-state index in [4.69, 9.17) is 12.2 Å². The summed E-state index contributed by atoms with van der Waals surface area (Å²) in [4.78, 5) is 4.27. The number of hydrogen-bond donors (Lipinski definition) is 2. The fourth-order valence-electron chi connectivity index (χ4n) is 1.58. The average Bonchev–Trinajstić information content (AvgIpc) is 2.27. The van der Waals surface area contributed by atoms with Gasteiger partial charge in [0, 0.05) is 23.3 Å². The molecule has 4 heteroatoms. The van der Waals surface area contributed by atoms with Crippen LogP contribution in [-0.2, 0) is 0 Å². The van der Waals surface area contributed by atoms with Gasteiger partial charge in [-0.1, -0.05) is 6.07 Å². The van der Waals surface area contributed by atoms with Crippen LogP contribution in [0.4, 0.5) is 5.69 Å². The topological polar surface area (TPSA) is 37.0 Å². The molecular weight excluding hydrogens is 230 g/mol. The molecule has 2 aromatic rings. The maximum atomic E-state index is 5.20. The van der Waals surface area contributed by atoms with Crippen molar-refractivity contribution < 1.29 is 0 Å². The van der Waals surface area contributed by atoms with E-state index in [-0.39, 0.29) is 0 Å². The molecule has 0 radical (unpaired) electrons. The van der Waals surface area contributed by atoms with Crippen LogP contribution in [0.15, 0.2) is 36.5 Å². The standard InChI is InChI=1S/C13H15N3S/c1-9(2)15-13(17)16-11-5-6-12-10(8-11)4-3-7-14-12/h3-9H,1-2H3,(H2,15,16,17). The Morgan fingerprint density at radius 3 is 2.88 bits per heavy atom. The van der Waals surface area contributed by atoms with Crippen LogP contribution < -0.4 is 10.6 Å². The number of aromatic nitrogens is 1. The summed E-state index contributed by atoms with van der Waals surface area (Å²) in [6, 6.07) is 10.3. The second-order valence-electron chi connectivity index (χ2n) is 4.16. The predicted octanol–water partition coefficient (Wildman–Crippen LogP) is 2.93. The number of pyridine rings is 1. The van der Waals surface area contributed by atoms with E-state index in [1.54, 1.807) is 6.20 Å². The van der Waals surface area contributed by atoms with Crippen molar-refractivity contribution in [3.05, 3.63) is 36.5 Å². The zero-order valence-corrected chi connectivity index (χ0v) is 10.7. The summed E-state index contributed by atoms with van der Waals surface area (Å²) < 4.78 is 0. The van der Waals surface area contributed by atoms with Crippen LogP contribution in [0, 0.1) is 0 Å². The molecule has 0 saturated carbocycles. The van der Waals surface area contributed by atoms with Crippen molar-refractivity contribution in [2.45, 2.75) is 19.9 Å². The highest BCUT2D eigenvalue weighted by atomic mass is 32.1. The molecule has 0 atom stereocenters. The van der Waals surface area contributed by atoms with Crippen molar-refractivity contribution in [2.75, 3.05) is 5.32 Å². The third-order valence-electron chi connectivity index (χ3n) is 2.28. The van der Waals surface area contributed by atoms with Gasteiger partial charge in [-0.25, -0.2) is 0 Å². The van der Waals surface area contributed by atoms with Crippen LogP contribution in [0.25, 0.3) is 10.9 Å². The minimum Gasteiger partial charge on any atom is -0.360 e. The lowest BCUT2D eigenvalue weighted by molar-refractivity contribution is 0.739. The first-order valence-electron chi connectivity index (χ1n) is 5.57. The van der Waals surface area contributed by atoms with Gasteiger partial charge in [-0.2, -0.15) is 0 Å². The molecule has 0 unspecified atom stereocenters. The number of hydrogen-bond acceptors (Lipinski definition) is 2. The Bertz CT molecular complexity index is 537. The Morgan fingerprint density at radius 2 is 2.12 bits per heavy atom. The predicted molar refractivity (Wildman–Crippen MR) is 76.2 cm³/mol. The fraction of sp³-hybridized carbons (Fsp3) is 0.231. The number of thiocarbonyl (C=S) groups is 1. The van der Waals surface area contributed by atoms with Gasteiger partial charge in [0.15, 0.2) is 5.11 Å². The first-order valence-corrected chi connectivity index (χ1v) is 5.98. The molecule has 0 aliphatic rings. The number of fused-ring (bicyclic) bond motifs is 1. The van der Waals surface area contributed by atoms with Crippen LogP contribution in [0.5, 0.6) is 0 Å². The summed E-state index contributed by atoms with van der Waals surface area (Å²) in [5, 5.41) is 8.05. The van der Waals surface area contributed by atoms with Crippen molar-refractivity contribution in [1.29, 1.82) is 0 Å². The van der Waals surface area contributed by atoms with E-state index in [9.17, 15) is 0 Å². The molecule has 0 aliphatic heterocycles. The zero-order chi connectivity index (χ0) is 12.3. The second kappa shape index (κ2) is 5.10. The number of benzene rings is 1. The van der Waals surface area contributed by atoms with Gasteiger partial charge in [-0.05, 0) is 50.3 Å². The van der Waals surface area contributed by atoms with Crippen LogP contribution in [0.1, 0.15) is 13.8 Å². The van der Waals surface area contributed by atoms with Crippen LogP contribution in [0.2, 0.25) is 0 Å². The summed E-state index contributed by atoms with van der Waals surface area (Å²) in [5.41, 5.74) is 1.96. The lowest BCUT2D eigenvalue weighted by Crippen LogP contribution is -2.33. The Balaban J connectivity index is 2.17. The van der Waals surface area contributed by atoms with E-state index < -0.39 is 0 Å². The smallest absolute Gasteiger partial charge is 0.170 e. The molecule has 3 nitrogen and oxygen atoms in total. The minimum atomic E-state index is 0.331. The van der Waals surface area contributed by atoms with Gasteiger partial charge < -0.3 is 10.6 Å². The molecule has 0 saturated heterocycles. The third kappa shape index (κ3) is 3.14. The fourth-order valence-corrected chi connectivity index (χ4v) is 1.94. The molecule has 0 bridgehead atoms. The number of rotatable bonds is 2. The molecule has 2 N–H and O–H groups in total. The lowest BCUT2D eigenvalue weighted by atomic mass is 10.2. The highest BCUT2D eigenvalue weighted by Crippen LogP contribution is 2.16. The van der Waals surface area contributed by atoms with Gasteiger partial charge in [0.1, 0.15) is 0 Å². The van der Waals surface area contributed by atoms with E-state index in [2.05, 4.69) is 29.5 Å². The Morgan fingerprint density at radius 1 is 1.29 bits per heavy atom. The maximum Gasteiger partial charge on any atom is 0.170 e. The highest BCUT2D eigenvalue weighted by Gasteiger charge is 2.00. The van der Waals surface area contributed by atoms with Crippen molar-refractivity contribution in [3.8, 4) is 0 Å². The Kier molecular flexibility index (Phi) is 3.54. The minimum absolute atomic E-state index is 0.331. The summed E-state index contributed by atoms with van der Waals surface area (Å²) in [6.07, 6.45) is 1.79. The molecule has 1 aromatic heterocycles. The van der Waals surface area contributed by atoms with E-state index in [0.29, 0.717) is 11.2 Å². The largest absolute Gasteiger partial charge is 0.360 e. The third-order valence-corrected chi connectivity index (χ3v) is 2.50. The normalized spacial score (nSPS) is 10.5. The van der Waals surface area contributed by atoms with E-state index in [1.807, 2.05) is 30.3 Å². The SMILES string of the molecule is CC(C)NC(=S)Nc1ccc2ncccc2c1. The van der Waals surface area contributed by atoms with Gasteiger partial charge in [-0.15, -0.1) is 0 Å². The van der Waals surface area contributed by atoms with Gasteiger partial charge in [-0.3, -0.25) is 4.98 Å². The Labute approximate surface area is 106 Å². The molecular formula is C13H15N3S. The number of nitrogens with one attached hydrogen (secondary N) is 2. The molecule has 0 aliphatic carbocycles. The number of anilines is 1. The maximum absolute atomic E-state index is 5.20. The van der Waals surface area contributed by atoms with E-state index in [0.717, 1.165) is 16.6 Å². The molecule has 1 aromatic carbocycles. The molecule has 0 amide bonds. The first-order chi connectivity index (χ1) is 8.15. The Hall–Kier alpha value is -1.68. The monoisotopic (exact) mass is 245 g/mol. The molecule has 17 heavy (non-hydrogen) atoms. The van der Waals surface area contributed by atoms with E-state index in [1.165, 1.54) is 0 Å². The van der Waals surface area contributed by atoms with Crippen LogP contribution in [0.3, 0.4) is 0 Å². The summed E-state index contributed by atoms with van der Waals surface area (Å²) in [5.74, 6) is 0. The van der Waals surface area contributed by atoms with Crippen molar-refractivity contribution >= 4 is 33.9 Å². The average molecular weight is 245 g/mol. The summed E-state index contributed by atoms with van der Waals surface area (Å²) in [6.45, 7) is 4.11. The molecule has 1 heterocycles.